The maximum atomic E-state index is 12.1. The van der Waals surface area contributed by atoms with Crippen LogP contribution in [0.4, 0.5) is 11.4 Å². The maximum absolute atomic E-state index is 12.1. The third kappa shape index (κ3) is 3.72. The van der Waals surface area contributed by atoms with Crippen molar-refractivity contribution in [3.63, 3.8) is 0 Å². The number of nitro groups is 1. The Labute approximate surface area is 138 Å². The minimum absolute atomic E-state index is 0.0507. The van der Waals surface area contributed by atoms with Crippen molar-refractivity contribution in [3.05, 3.63) is 66.6 Å². The molecule has 2 rings (SSSR count). The number of amides is 1. The minimum atomic E-state index is -0.690. The predicted octanol–water partition coefficient (Wildman–Crippen LogP) is 4.92. The number of nitrogens with zero attached hydrogens (tertiary/aromatic N) is 1. The van der Waals surface area contributed by atoms with Gasteiger partial charge in [0.25, 0.3) is 11.6 Å². The zero-order valence-electron chi connectivity index (χ0n) is 10.3. The molecular formula is C13H7BrCl2N2O3. The van der Waals surface area contributed by atoms with Gasteiger partial charge in [-0.1, -0.05) is 45.2 Å². The monoisotopic (exact) mass is 388 g/mol. The summed E-state index contributed by atoms with van der Waals surface area (Å²) in [6, 6.07) is 9.31. The molecule has 0 aromatic heterocycles. The van der Waals surface area contributed by atoms with E-state index in [1.807, 2.05) is 0 Å². The van der Waals surface area contributed by atoms with Crippen LogP contribution in [0.3, 0.4) is 0 Å². The minimum Gasteiger partial charge on any atom is -0.322 e. The van der Waals surface area contributed by atoms with E-state index in [-0.39, 0.29) is 15.6 Å². The molecule has 108 valence electrons. The molecule has 0 heterocycles. The molecule has 0 radical (unpaired) electrons. The number of carbonyl (C=O) groups is 1. The van der Waals surface area contributed by atoms with Crippen LogP contribution in [0.15, 0.2) is 40.9 Å². The maximum Gasteiger partial charge on any atom is 0.290 e. The van der Waals surface area contributed by atoms with Crippen molar-refractivity contribution in [1.82, 2.24) is 0 Å². The highest BCUT2D eigenvalue weighted by atomic mass is 79.9. The van der Waals surface area contributed by atoms with E-state index in [4.69, 9.17) is 23.2 Å². The number of nitrogens with one attached hydrogen (secondary N) is 1. The summed E-state index contributed by atoms with van der Waals surface area (Å²) in [6.45, 7) is 0. The quantitative estimate of drug-likeness (QED) is 0.598. The molecule has 21 heavy (non-hydrogen) atoms. The molecule has 0 aliphatic carbocycles. The number of hydrogen-bond donors (Lipinski definition) is 1. The highest BCUT2D eigenvalue weighted by Gasteiger charge is 2.20. The first-order chi connectivity index (χ1) is 9.88. The average molecular weight is 390 g/mol. The van der Waals surface area contributed by atoms with Gasteiger partial charge in [0.05, 0.1) is 9.95 Å². The van der Waals surface area contributed by atoms with Gasteiger partial charge in [0.15, 0.2) is 0 Å². The first-order valence-electron chi connectivity index (χ1n) is 5.59. The average Bonchev–Trinajstić information content (AvgIpc) is 2.41. The smallest absolute Gasteiger partial charge is 0.290 e. The van der Waals surface area contributed by atoms with Gasteiger partial charge in [0.1, 0.15) is 5.02 Å². The van der Waals surface area contributed by atoms with Crippen LogP contribution < -0.4 is 5.32 Å². The Morgan fingerprint density at radius 1 is 1.24 bits per heavy atom. The Morgan fingerprint density at radius 2 is 1.95 bits per heavy atom. The Morgan fingerprint density at radius 3 is 2.57 bits per heavy atom. The van der Waals surface area contributed by atoms with Gasteiger partial charge < -0.3 is 5.32 Å². The second kappa shape index (κ2) is 6.43. The molecule has 0 aliphatic heterocycles. The van der Waals surface area contributed by atoms with Crippen LogP contribution in [0.5, 0.6) is 0 Å². The topological polar surface area (TPSA) is 72.2 Å². The summed E-state index contributed by atoms with van der Waals surface area (Å²) >= 11 is 14.8. The van der Waals surface area contributed by atoms with Crippen molar-refractivity contribution in [2.75, 3.05) is 5.32 Å². The molecular weight excluding hydrogens is 383 g/mol. The first-order valence-corrected chi connectivity index (χ1v) is 7.13. The van der Waals surface area contributed by atoms with E-state index in [0.29, 0.717) is 5.69 Å². The summed E-state index contributed by atoms with van der Waals surface area (Å²) < 4.78 is 0.792. The number of halogens is 3. The molecule has 1 amide bonds. The van der Waals surface area contributed by atoms with Crippen molar-refractivity contribution in [3.8, 4) is 0 Å². The highest BCUT2D eigenvalue weighted by molar-refractivity contribution is 9.10. The summed E-state index contributed by atoms with van der Waals surface area (Å²) in [7, 11) is 0. The zero-order valence-corrected chi connectivity index (χ0v) is 13.4. The van der Waals surface area contributed by atoms with Crippen molar-refractivity contribution < 1.29 is 9.72 Å². The molecule has 0 bridgehead atoms. The van der Waals surface area contributed by atoms with E-state index in [1.54, 1.807) is 24.3 Å². The Bertz CT molecular complexity index is 737. The van der Waals surface area contributed by atoms with Crippen LogP contribution in [-0.2, 0) is 0 Å². The second-order valence-corrected chi connectivity index (χ2v) is 5.71. The molecule has 5 nitrogen and oxygen atoms in total. The van der Waals surface area contributed by atoms with Gasteiger partial charge in [-0.3, -0.25) is 14.9 Å². The normalized spacial score (nSPS) is 10.2. The fourth-order valence-corrected chi connectivity index (χ4v) is 2.40. The van der Waals surface area contributed by atoms with Crippen LogP contribution in [-0.4, -0.2) is 10.8 Å². The standard InChI is InChI=1S/C13H7BrCl2N2O3/c14-8-2-1-3-9(6-8)17-13(19)7-4-10(15)12(16)11(5-7)18(20)21/h1-6H,(H,17,19). The lowest BCUT2D eigenvalue weighted by molar-refractivity contribution is -0.384. The predicted molar refractivity (Wildman–Crippen MR) is 85.2 cm³/mol. The van der Waals surface area contributed by atoms with Gasteiger partial charge in [0, 0.05) is 21.8 Å². The van der Waals surface area contributed by atoms with Crippen LogP contribution >= 0.6 is 39.1 Å². The summed E-state index contributed by atoms with van der Waals surface area (Å²) in [6.07, 6.45) is 0. The van der Waals surface area contributed by atoms with Crippen LogP contribution in [0, 0.1) is 10.1 Å². The van der Waals surface area contributed by atoms with Crippen LogP contribution in [0.2, 0.25) is 10.0 Å². The fraction of sp³-hybridized carbons (Fsp3) is 0. The lowest BCUT2D eigenvalue weighted by Crippen LogP contribution is -2.12. The van der Waals surface area contributed by atoms with E-state index < -0.39 is 16.5 Å². The molecule has 0 aliphatic rings. The number of carbonyl (C=O) groups excluding carboxylic acids is 1. The lowest BCUT2D eigenvalue weighted by Gasteiger charge is -2.07. The molecule has 0 saturated carbocycles. The van der Waals surface area contributed by atoms with Crippen LogP contribution in [0.1, 0.15) is 10.4 Å². The highest BCUT2D eigenvalue weighted by Crippen LogP contribution is 2.33. The SMILES string of the molecule is O=C(Nc1cccc(Br)c1)c1cc(Cl)c(Cl)c([N+](=O)[O-])c1. The summed E-state index contributed by atoms with van der Waals surface area (Å²) in [5, 5.41) is 13.3. The van der Waals surface area contributed by atoms with E-state index in [9.17, 15) is 14.9 Å². The van der Waals surface area contributed by atoms with Gasteiger partial charge in [0.2, 0.25) is 0 Å². The molecule has 0 atom stereocenters. The largest absolute Gasteiger partial charge is 0.322 e. The van der Waals surface area contributed by atoms with Crippen molar-refractivity contribution >= 4 is 56.4 Å². The molecule has 0 fully saturated rings. The fourth-order valence-electron chi connectivity index (χ4n) is 1.61. The van der Waals surface area contributed by atoms with Gasteiger partial charge in [-0.15, -0.1) is 0 Å². The van der Waals surface area contributed by atoms with Crippen molar-refractivity contribution in [2.24, 2.45) is 0 Å². The van der Waals surface area contributed by atoms with Gasteiger partial charge in [-0.25, -0.2) is 0 Å². The molecule has 0 unspecified atom stereocenters. The van der Waals surface area contributed by atoms with Gasteiger partial charge >= 0.3 is 0 Å². The lowest BCUT2D eigenvalue weighted by atomic mass is 10.2. The third-order valence-electron chi connectivity index (χ3n) is 2.55. The van der Waals surface area contributed by atoms with Crippen molar-refractivity contribution in [1.29, 1.82) is 0 Å². The summed E-state index contributed by atoms with van der Waals surface area (Å²) in [4.78, 5) is 22.3. The Balaban J connectivity index is 2.33. The molecule has 1 N–H and O–H groups in total. The molecule has 0 spiro atoms. The molecule has 2 aromatic rings. The van der Waals surface area contributed by atoms with Crippen molar-refractivity contribution in [2.45, 2.75) is 0 Å². The summed E-state index contributed by atoms with van der Waals surface area (Å²) in [5.41, 5.74) is 0.183. The van der Waals surface area contributed by atoms with E-state index in [2.05, 4.69) is 21.2 Å². The number of benzene rings is 2. The van der Waals surface area contributed by atoms with Crippen LogP contribution in [0.25, 0.3) is 0 Å². The van der Waals surface area contributed by atoms with E-state index in [1.165, 1.54) is 6.07 Å². The number of anilines is 1. The zero-order chi connectivity index (χ0) is 15.6. The van der Waals surface area contributed by atoms with E-state index in [0.717, 1.165) is 10.5 Å². The summed E-state index contributed by atoms with van der Waals surface area (Å²) in [5.74, 6) is -0.519. The molecule has 8 heteroatoms. The van der Waals surface area contributed by atoms with Gasteiger partial charge in [-0.2, -0.15) is 0 Å². The first kappa shape index (κ1) is 15.8. The van der Waals surface area contributed by atoms with E-state index >= 15 is 0 Å². The van der Waals surface area contributed by atoms with Gasteiger partial charge in [-0.05, 0) is 24.3 Å². The third-order valence-corrected chi connectivity index (χ3v) is 3.84. The Hall–Kier alpha value is -1.63. The number of nitro benzene ring substituents is 1. The molecule has 2 aromatic carbocycles. The number of rotatable bonds is 3. The second-order valence-electron chi connectivity index (χ2n) is 4.01. The Kier molecular flexibility index (Phi) is 4.82. The number of hydrogen-bond acceptors (Lipinski definition) is 3. The molecule has 0 saturated heterocycles.